The molecular formula is C15H20N2O2. The van der Waals surface area contributed by atoms with Crippen molar-refractivity contribution in [1.82, 2.24) is 4.90 Å². The van der Waals surface area contributed by atoms with Crippen molar-refractivity contribution < 1.29 is 9.53 Å². The third-order valence-corrected chi connectivity index (χ3v) is 4.01. The molecule has 0 bridgehead atoms. The molecule has 0 aliphatic carbocycles. The van der Waals surface area contributed by atoms with Crippen LogP contribution in [-0.4, -0.2) is 29.4 Å². The number of carbonyl (C=O) groups is 1. The van der Waals surface area contributed by atoms with Gasteiger partial charge in [-0.2, -0.15) is 0 Å². The molecule has 2 N–H and O–H groups in total. The van der Waals surface area contributed by atoms with Gasteiger partial charge in [0.1, 0.15) is 0 Å². The van der Waals surface area contributed by atoms with E-state index >= 15 is 0 Å². The summed E-state index contributed by atoms with van der Waals surface area (Å²) in [4.78, 5) is 14.2. The maximum atomic E-state index is 12.3. The van der Waals surface area contributed by atoms with Gasteiger partial charge < -0.3 is 15.4 Å². The molecule has 1 saturated heterocycles. The third-order valence-electron chi connectivity index (χ3n) is 4.01. The van der Waals surface area contributed by atoms with Crippen LogP contribution >= 0.6 is 0 Å². The summed E-state index contributed by atoms with van der Waals surface area (Å²) in [6.07, 6.45) is 2.05. The third kappa shape index (κ3) is 2.26. The van der Waals surface area contributed by atoms with Crippen LogP contribution in [0.4, 0.5) is 0 Å². The average Bonchev–Trinajstić information content (AvgIpc) is 2.82. The second-order valence-corrected chi connectivity index (χ2v) is 5.75. The molecule has 1 aromatic rings. The summed E-state index contributed by atoms with van der Waals surface area (Å²) >= 11 is 0. The van der Waals surface area contributed by atoms with Crippen LogP contribution < -0.4 is 5.73 Å². The van der Waals surface area contributed by atoms with Crippen molar-refractivity contribution in [2.75, 3.05) is 13.1 Å². The minimum Gasteiger partial charge on any atom is -0.372 e. The van der Waals surface area contributed by atoms with E-state index in [9.17, 15) is 4.79 Å². The number of benzene rings is 1. The molecule has 2 aliphatic rings. The van der Waals surface area contributed by atoms with Crippen LogP contribution in [0.2, 0.25) is 0 Å². The number of fused-ring (bicyclic) bond motifs is 1. The van der Waals surface area contributed by atoms with Gasteiger partial charge in [-0.1, -0.05) is 19.4 Å². The Balaban J connectivity index is 1.69. The Bertz CT molecular complexity index is 507. The van der Waals surface area contributed by atoms with Crippen LogP contribution in [-0.2, 0) is 18.0 Å². The number of ether oxygens (including phenoxy) is 1. The van der Waals surface area contributed by atoms with E-state index in [0.29, 0.717) is 26.3 Å². The monoisotopic (exact) mass is 260 g/mol. The SMILES string of the molecule is CCCC1(N)CN(C(=O)c2ccc3c(c2)COC3)C1. The molecule has 2 heterocycles. The molecule has 3 rings (SSSR count). The zero-order valence-corrected chi connectivity index (χ0v) is 11.3. The van der Waals surface area contributed by atoms with Crippen molar-refractivity contribution in [1.29, 1.82) is 0 Å². The van der Waals surface area contributed by atoms with E-state index < -0.39 is 0 Å². The second kappa shape index (κ2) is 4.62. The van der Waals surface area contributed by atoms with Crippen LogP contribution in [0.15, 0.2) is 18.2 Å². The Labute approximate surface area is 113 Å². The van der Waals surface area contributed by atoms with Gasteiger partial charge in [0, 0.05) is 18.7 Å². The number of nitrogens with zero attached hydrogens (tertiary/aromatic N) is 1. The van der Waals surface area contributed by atoms with Crippen LogP contribution in [0.1, 0.15) is 41.3 Å². The largest absolute Gasteiger partial charge is 0.372 e. The number of rotatable bonds is 3. The minimum absolute atomic E-state index is 0.0897. The number of amides is 1. The van der Waals surface area contributed by atoms with Gasteiger partial charge in [-0.15, -0.1) is 0 Å². The Morgan fingerprint density at radius 1 is 1.37 bits per heavy atom. The first-order valence-electron chi connectivity index (χ1n) is 6.89. The first-order chi connectivity index (χ1) is 9.11. The second-order valence-electron chi connectivity index (χ2n) is 5.75. The van der Waals surface area contributed by atoms with Crippen LogP contribution in [0.3, 0.4) is 0 Å². The van der Waals surface area contributed by atoms with E-state index in [-0.39, 0.29) is 11.4 Å². The first-order valence-corrected chi connectivity index (χ1v) is 6.89. The predicted octanol–water partition coefficient (Wildman–Crippen LogP) is 1.67. The maximum Gasteiger partial charge on any atom is 0.253 e. The molecule has 0 saturated carbocycles. The van der Waals surface area contributed by atoms with Crippen LogP contribution in [0.25, 0.3) is 0 Å². The van der Waals surface area contributed by atoms with Crippen molar-refractivity contribution in [3.05, 3.63) is 34.9 Å². The highest BCUT2D eigenvalue weighted by Crippen LogP contribution is 2.27. The summed E-state index contributed by atoms with van der Waals surface area (Å²) < 4.78 is 5.37. The van der Waals surface area contributed by atoms with Gasteiger partial charge in [0.2, 0.25) is 0 Å². The van der Waals surface area contributed by atoms with Crippen molar-refractivity contribution in [2.45, 2.75) is 38.5 Å². The Hall–Kier alpha value is -1.39. The molecule has 0 atom stereocenters. The summed E-state index contributed by atoms with van der Waals surface area (Å²) in [7, 11) is 0. The molecule has 4 nitrogen and oxygen atoms in total. The lowest BCUT2D eigenvalue weighted by Gasteiger charge is -2.47. The van der Waals surface area contributed by atoms with E-state index in [1.807, 2.05) is 23.1 Å². The molecule has 0 spiro atoms. The lowest BCUT2D eigenvalue weighted by atomic mass is 9.86. The maximum absolute atomic E-state index is 12.3. The lowest BCUT2D eigenvalue weighted by Crippen LogP contribution is -2.68. The van der Waals surface area contributed by atoms with E-state index in [1.165, 1.54) is 5.56 Å². The molecule has 1 amide bonds. The van der Waals surface area contributed by atoms with Crippen LogP contribution in [0, 0.1) is 0 Å². The highest BCUT2D eigenvalue weighted by atomic mass is 16.5. The highest BCUT2D eigenvalue weighted by molar-refractivity contribution is 5.95. The number of hydrogen-bond acceptors (Lipinski definition) is 3. The van der Waals surface area contributed by atoms with Gasteiger partial charge in [0.15, 0.2) is 0 Å². The zero-order chi connectivity index (χ0) is 13.5. The summed E-state index contributed by atoms with van der Waals surface area (Å²) in [6.45, 7) is 4.75. The molecule has 0 aromatic heterocycles. The number of carbonyl (C=O) groups excluding carboxylic acids is 1. The average molecular weight is 260 g/mol. The highest BCUT2D eigenvalue weighted by Gasteiger charge is 2.41. The molecule has 2 aliphatic heterocycles. The standard InChI is InChI=1S/C15H20N2O2/c1-2-5-15(16)9-17(10-15)14(18)11-3-4-12-7-19-8-13(12)6-11/h3-4,6H,2,5,7-10,16H2,1H3. The van der Waals surface area contributed by atoms with Gasteiger partial charge in [0.05, 0.1) is 18.8 Å². The summed E-state index contributed by atoms with van der Waals surface area (Å²) in [6, 6.07) is 5.85. The lowest BCUT2D eigenvalue weighted by molar-refractivity contribution is 0.0386. The van der Waals surface area contributed by atoms with Gasteiger partial charge in [-0.25, -0.2) is 0 Å². The molecule has 19 heavy (non-hydrogen) atoms. The normalized spacial score (nSPS) is 20.0. The fraction of sp³-hybridized carbons (Fsp3) is 0.533. The molecule has 102 valence electrons. The number of nitrogens with two attached hydrogens (primary N) is 1. The summed E-state index contributed by atoms with van der Waals surface area (Å²) in [5, 5.41) is 0. The van der Waals surface area contributed by atoms with Crippen molar-refractivity contribution in [3.63, 3.8) is 0 Å². The van der Waals surface area contributed by atoms with Gasteiger partial charge in [-0.3, -0.25) is 4.79 Å². The molecule has 1 fully saturated rings. The molecule has 0 radical (unpaired) electrons. The quantitative estimate of drug-likeness (QED) is 0.899. The van der Waals surface area contributed by atoms with Crippen molar-refractivity contribution in [3.8, 4) is 0 Å². The number of hydrogen-bond donors (Lipinski definition) is 1. The van der Waals surface area contributed by atoms with Crippen molar-refractivity contribution in [2.24, 2.45) is 5.73 Å². The fourth-order valence-electron chi connectivity index (χ4n) is 3.00. The van der Waals surface area contributed by atoms with E-state index in [0.717, 1.165) is 24.0 Å². The smallest absolute Gasteiger partial charge is 0.253 e. The van der Waals surface area contributed by atoms with Gasteiger partial charge in [-0.05, 0) is 29.7 Å². The van der Waals surface area contributed by atoms with E-state index in [4.69, 9.17) is 10.5 Å². The number of likely N-dealkylation sites (tertiary alicyclic amines) is 1. The topological polar surface area (TPSA) is 55.6 Å². The van der Waals surface area contributed by atoms with Crippen LogP contribution in [0.5, 0.6) is 0 Å². The Morgan fingerprint density at radius 3 is 2.84 bits per heavy atom. The minimum atomic E-state index is -0.162. The molecule has 4 heteroatoms. The summed E-state index contributed by atoms with van der Waals surface area (Å²) in [5.41, 5.74) is 9.12. The van der Waals surface area contributed by atoms with Gasteiger partial charge in [0.25, 0.3) is 5.91 Å². The Morgan fingerprint density at radius 2 is 2.11 bits per heavy atom. The zero-order valence-electron chi connectivity index (χ0n) is 11.3. The van der Waals surface area contributed by atoms with Gasteiger partial charge >= 0.3 is 0 Å². The fourth-order valence-corrected chi connectivity index (χ4v) is 3.00. The van der Waals surface area contributed by atoms with E-state index in [2.05, 4.69) is 6.92 Å². The van der Waals surface area contributed by atoms with Crippen molar-refractivity contribution >= 4 is 5.91 Å². The first kappa shape index (κ1) is 12.6. The molecule has 1 aromatic carbocycles. The predicted molar refractivity (Wildman–Crippen MR) is 72.7 cm³/mol. The van der Waals surface area contributed by atoms with E-state index in [1.54, 1.807) is 0 Å². The summed E-state index contributed by atoms with van der Waals surface area (Å²) in [5.74, 6) is 0.0897. The Kier molecular flexibility index (Phi) is 3.07. The molecule has 0 unspecified atom stereocenters. The molecular weight excluding hydrogens is 240 g/mol.